The lowest BCUT2D eigenvalue weighted by Crippen LogP contribution is -2.31. The van der Waals surface area contributed by atoms with Crippen molar-refractivity contribution in [3.05, 3.63) is 53.6 Å². The Morgan fingerprint density at radius 1 is 1.13 bits per heavy atom. The Morgan fingerprint density at radius 2 is 1.91 bits per heavy atom. The lowest BCUT2D eigenvalue weighted by Gasteiger charge is -2.17. The number of amides is 2. The molecule has 3 rings (SSSR count). The maximum Gasteiger partial charge on any atom is 0.247 e. The van der Waals surface area contributed by atoms with E-state index in [1.54, 1.807) is 6.07 Å². The summed E-state index contributed by atoms with van der Waals surface area (Å²) in [6.07, 6.45) is 0.214. The Bertz CT molecular complexity index is 788. The molecular formula is C18H18N2O2S. The fraction of sp³-hybridized carbons (Fsp3) is 0.222. The average molecular weight is 326 g/mol. The van der Waals surface area contributed by atoms with E-state index in [4.69, 9.17) is 5.73 Å². The Hall–Kier alpha value is -2.27. The van der Waals surface area contributed by atoms with E-state index in [0.717, 1.165) is 16.0 Å². The molecule has 1 heterocycles. The molecule has 2 aromatic rings. The van der Waals surface area contributed by atoms with E-state index in [0.29, 0.717) is 11.4 Å². The lowest BCUT2D eigenvalue weighted by atomic mass is 10.1. The van der Waals surface area contributed by atoms with Crippen LogP contribution in [0.3, 0.4) is 0 Å². The smallest absolute Gasteiger partial charge is 0.247 e. The number of carbonyl (C=O) groups is 2. The molecule has 0 aliphatic carbocycles. The second kappa shape index (κ2) is 6.08. The number of hydrogen-bond acceptors (Lipinski definition) is 4. The van der Waals surface area contributed by atoms with Crippen LogP contribution < -0.4 is 10.6 Å². The zero-order chi connectivity index (χ0) is 16.6. The standard InChI is InChI=1S/C18H18N2O2S/c1-11-6-7-15(12(2)8-11)20-17(21)10-16(18(20)22)23-14-5-3-4-13(19)9-14/h3-9,16H,10,19H2,1-2H3/t16-/m0/s1. The quantitative estimate of drug-likeness (QED) is 0.694. The predicted molar refractivity (Wildman–Crippen MR) is 93.5 cm³/mol. The van der Waals surface area contributed by atoms with E-state index in [2.05, 4.69) is 0 Å². The molecule has 0 bridgehead atoms. The first kappa shape index (κ1) is 15.6. The summed E-state index contributed by atoms with van der Waals surface area (Å²) < 4.78 is 0. The highest BCUT2D eigenvalue weighted by Gasteiger charge is 2.40. The number of hydrogen-bond donors (Lipinski definition) is 1. The molecule has 1 aliphatic rings. The van der Waals surface area contributed by atoms with Crippen LogP contribution in [0.1, 0.15) is 17.5 Å². The maximum atomic E-state index is 12.7. The van der Waals surface area contributed by atoms with Gasteiger partial charge in [-0.1, -0.05) is 23.8 Å². The van der Waals surface area contributed by atoms with Gasteiger partial charge < -0.3 is 5.73 Å². The van der Waals surface area contributed by atoms with Gasteiger partial charge in [0.2, 0.25) is 11.8 Å². The Morgan fingerprint density at radius 3 is 2.61 bits per heavy atom. The third kappa shape index (κ3) is 3.10. The topological polar surface area (TPSA) is 63.4 Å². The van der Waals surface area contributed by atoms with Gasteiger partial charge in [0.1, 0.15) is 0 Å². The van der Waals surface area contributed by atoms with Gasteiger partial charge in [-0.25, -0.2) is 4.90 Å². The maximum absolute atomic E-state index is 12.7. The molecule has 5 heteroatoms. The van der Waals surface area contributed by atoms with Crippen molar-refractivity contribution in [3.8, 4) is 0 Å². The van der Waals surface area contributed by atoms with Crippen LogP contribution in [0, 0.1) is 13.8 Å². The molecule has 2 amide bonds. The minimum atomic E-state index is -0.398. The second-order valence-corrected chi connectivity index (χ2v) is 7.02. The van der Waals surface area contributed by atoms with Crippen LogP contribution in [0.4, 0.5) is 11.4 Å². The van der Waals surface area contributed by atoms with Gasteiger partial charge in [-0.3, -0.25) is 9.59 Å². The van der Waals surface area contributed by atoms with E-state index < -0.39 is 5.25 Å². The van der Waals surface area contributed by atoms with Crippen molar-refractivity contribution >= 4 is 35.0 Å². The van der Waals surface area contributed by atoms with Gasteiger partial charge in [0.05, 0.1) is 10.9 Å². The van der Waals surface area contributed by atoms with Crippen LogP contribution in [-0.4, -0.2) is 17.1 Å². The predicted octanol–water partition coefficient (Wildman–Crippen LogP) is 3.31. The summed E-state index contributed by atoms with van der Waals surface area (Å²) in [5, 5.41) is -0.398. The molecule has 0 aromatic heterocycles. The molecule has 0 unspecified atom stereocenters. The van der Waals surface area contributed by atoms with Crippen molar-refractivity contribution in [2.45, 2.75) is 30.4 Å². The zero-order valence-electron chi connectivity index (χ0n) is 13.1. The molecule has 2 N–H and O–H groups in total. The lowest BCUT2D eigenvalue weighted by molar-refractivity contribution is -0.121. The largest absolute Gasteiger partial charge is 0.399 e. The molecule has 118 valence electrons. The van der Waals surface area contributed by atoms with Crippen molar-refractivity contribution in [2.24, 2.45) is 0 Å². The fourth-order valence-electron chi connectivity index (χ4n) is 2.76. The van der Waals surface area contributed by atoms with E-state index in [9.17, 15) is 9.59 Å². The van der Waals surface area contributed by atoms with Crippen molar-refractivity contribution in [1.82, 2.24) is 0 Å². The first-order valence-electron chi connectivity index (χ1n) is 7.42. The summed E-state index contributed by atoms with van der Waals surface area (Å²) in [6, 6.07) is 13.1. The minimum absolute atomic E-state index is 0.150. The van der Waals surface area contributed by atoms with Crippen molar-refractivity contribution < 1.29 is 9.59 Å². The van der Waals surface area contributed by atoms with Gasteiger partial charge in [0.15, 0.2) is 0 Å². The third-order valence-electron chi connectivity index (χ3n) is 3.83. The van der Waals surface area contributed by atoms with Crippen molar-refractivity contribution in [2.75, 3.05) is 10.6 Å². The molecule has 4 nitrogen and oxygen atoms in total. The third-order valence-corrected chi connectivity index (χ3v) is 5.01. The highest BCUT2D eigenvalue weighted by molar-refractivity contribution is 8.00. The summed E-state index contributed by atoms with van der Waals surface area (Å²) in [6.45, 7) is 3.91. The Balaban J connectivity index is 1.85. The van der Waals surface area contributed by atoms with E-state index >= 15 is 0 Å². The number of benzene rings is 2. The van der Waals surface area contributed by atoms with Gasteiger partial charge >= 0.3 is 0 Å². The van der Waals surface area contributed by atoms with Crippen LogP contribution in [0.15, 0.2) is 47.4 Å². The van der Waals surface area contributed by atoms with Crippen LogP contribution in [-0.2, 0) is 9.59 Å². The number of nitrogens with zero attached hydrogens (tertiary/aromatic N) is 1. The second-order valence-electron chi connectivity index (χ2n) is 5.74. The molecule has 0 radical (unpaired) electrons. The van der Waals surface area contributed by atoms with Crippen molar-refractivity contribution in [3.63, 3.8) is 0 Å². The molecule has 1 aliphatic heterocycles. The fourth-order valence-corrected chi connectivity index (χ4v) is 3.88. The summed E-state index contributed by atoms with van der Waals surface area (Å²) in [5.74, 6) is -0.308. The van der Waals surface area contributed by atoms with Crippen LogP contribution in [0.5, 0.6) is 0 Å². The summed E-state index contributed by atoms with van der Waals surface area (Å²) in [5.41, 5.74) is 9.14. The molecule has 2 aromatic carbocycles. The van der Waals surface area contributed by atoms with E-state index in [1.165, 1.54) is 16.7 Å². The SMILES string of the molecule is Cc1ccc(N2C(=O)C[C@H](Sc3cccc(N)c3)C2=O)c(C)c1. The molecule has 1 saturated heterocycles. The highest BCUT2D eigenvalue weighted by atomic mass is 32.2. The van der Waals surface area contributed by atoms with E-state index in [-0.39, 0.29) is 18.2 Å². The van der Waals surface area contributed by atoms with Crippen LogP contribution in [0.2, 0.25) is 0 Å². The summed E-state index contributed by atoms with van der Waals surface area (Å²) in [7, 11) is 0. The molecule has 1 fully saturated rings. The molecule has 0 saturated carbocycles. The number of nitrogens with two attached hydrogens (primary N) is 1. The van der Waals surface area contributed by atoms with Gasteiger partial charge in [-0.15, -0.1) is 11.8 Å². The number of imide groups is 1. The molecular weight excluding hydrogens is 308 g/mol. The van der Waals surface area contributed by atoms with Gasteiger partial charge in [0, 0.05) is 17.0 Å². The summed E-state index contributed by atoms with van der Waals surface area (Å²) >= 11 is 1.39. The summed E-state index contributed by atoms with van der Waals surface area (Å²) in [4.78, 5) is 27.3. The molecule has 23 heavy (non-hydrogen) atoms. The zero-order valence-corrected chi connectivity index (χ0v) is 13.9. The number of aryl methyl sites for hydroxylation is 2. The monoisotopic (exact) mass is 326 g/mol. The van der Waals surface area contributed by atoms with E-state index in [1.807, 2.05) is 50.2 Å². The number of carbonyl (C=O) groups excluding carboxylic acids is 2. The van der Waals surface area contributed by atoms with Crippen LogP contribution >= 0.6 is 11.8 Å². The number of rotatable bonds is 3. The van der Waals surface area contributed by atoms with Crippen LogP contribution in [0.25, 0.3) is 0 Å². The average Bonchev–Trinajstić information content (AvgIpc) is 2.74. The first-order chi connectivity index (χ1) is 11.0. The number of nitrogen functional groups attached to an aromatic ring is 1. The highest BCUT2D eigenvalue weighted by Crippen LogP contribution is 2.35. The Labute approximate surface area is 139 Å². The Kier molecular flexibility index (Phi) is 4.13. The number of thioether (sulfide) groups is 1. The van der Waals surface area contributed by atoms with Gasteiger partial charge in [-0.05, 0) is 43.7 Å². The molecule has 1 atom stereocenters. The minimum Gasteiger partial charge on any atom is -0.399 e. The van der Waals surface area contributed by atoms with Gasteiger partial charge in [-0.2, -0.15) is 0 Å². The number of anilines is 2. The first-order valence-corrected chi connectivity index (χ1v) is 8.30. The van der Waals surface area contributed by atoms with Gasteiger partial charge in [0.25, 0.3) is 0 Å². The molecule has 0 spiro atoms. The normalized spacial score (nSPS) is 17.8. The van der Waals surface area contributed by atoms with Crippen molar-refractivity contribution in [1.29, 1.82) is 0 Å².